The molecule has 210 valence electrons. The van der Waals surface area contributed by atoms with Crippen LogP contribution in [0.15, 0.2) is 71.6 Å². The van der Waals surface area contributed by atoms with Crippen molar-refractivity contribution in [3.63, 3.8) is 0 Å². The zero-order valence-electron chi connectivity index (χ0n) is 22.1. The van der Waals surface area contributed by atoms with Crippen LogP contribution in [0.25, 0.3) is 11.0 Å². The molecule has 0 bridgehead atoms. The van der Waals surface area contributed by atoms with Crippen molar-refractivity contribution in [3.05, 3.63) is 66.7 Å². The predicted octanol–water partition coefficient (Wildman–Crippen LogP) is 4.00. The van der Waals surface area contributed by atoms with Gasteiger partial charge in [0.05, 0.1) is 29.6 Å². The summed E-state index contributed by atoms with van der Waals surface area (Å²) in [6, 6.07) is 17.3. The van der Waals surface area contributed by atoms with Gasteiger partial charge in [-0.3, -0.25) is 9.52 Å². The average Bonchev–Trinajstić information content (AvgIpc) is 2.91. The molecule has 0 aliphatic rings. The van der Waals surface area contributed by atoms with Crippen LogP contribution in [-0.2, 0) is 19.7 Å². The van der Waals surface area contributed by atoms with Crippen LogP contribution in [0.2, 0.25) is 0 Å². The minimum Gasteiger partial charge on any atom is -0.508 e. The monoisotopic (exact) mass is 566 g/mol. The number of nitrogens with one attached hydrogen (secondary N) is 4. The molecule has 0 fully saturated rings. The van der Waals surface area contributed by atoms with Crippen molar-refractivity contribution in [2.24, 2.45) is 5.92 Å². The lowest BCUT2D eigenvalue weighted by molar-refractivity contribution is -0.118. The molecule has 4 rings (SSSR count). The first-order valence-electron chi connectivity index (χ1n) is 12.3. The molecule has 0 saturated heterocycles. The number of fused-ring (bicyclic) bond motifs is 1. The van der Waals surface area contributed by atoms with Gasteiger partial charge < -0.3 is 25.3 Å². The van der Waals surface area contributed by atoms with E-state index in [0.717, 1.165) is 0 Å². The number of carbonyl (C=O) groups is 1. The number of aromatic nitrogens is 2. The van der Waals surface area contributed by atoms with Gasteiger partial charge in [0.2, 0.25) is 5.91 Å². The number of hydroxylamine groups is 1. The fraction of sp³-hybridized carbons (Fsp3) is 0.222. The number of anilines is 4. The quantitative estimate of drug-likeness (QED) is 0.125. The lowest BCUT2D eigenvalue weighted by Gasteiger charge is -2.15. The molecule has 12 nitrogen and oxygen atoms in total. The number of amides is 1. The first-order valence-corrected chi connectivity index (χ1v) is 13.8. The number of nitrogens with zero attached hydrogens (tertiary/aromatic N) is 2. The molecule has 5 N–H and O–H groups in total. The van der Waals surface area contributed by atoms with Gasteiger partial charge >= 0.3 is 0 Å². The topological polar surface area (TPSA) is 164 Å². The van der Waals surface area contributed by atoms with E-state index in [0.29, 0.717) is 35.0 Å². The van der Waals surface area contributed by atoms with Crippen LogP contribution in [0.1, 0.15) is 13.8 Å². The van der Waals surface area contributed by atoms with E-state index in [1.807, 2.05) is 13.8 Å². The molecular weight excluding hydrogens is 536 g/mol. The Bertz CT molecular complexity index is 1610. The van der Waals surface area contributed by atoms with Gasteiger partial charge in [-0.25, -0.2) is 18.4 Å². The van der Waals surface area contributed by atoms with Crippen molar-refractivity contribution in [1.29, 1.82) is 0 Å². The summed E-state index contributed by atoms with van der Waals surface area (Å²) in [7, 11) is -2.70. The SMILES string of the molecule is COc1cc(O)cc(Nc2nc3ccccc3nc2NS(=O)(=O)c2cccc(NC(=O)CNOCC(C)C)c2)c1. The van der Waals surface area contributed by atoms with Gasteiger partial charge in [-0.05, 0) is 36.2 Å². The lowest BCUT2D eigenvalue weighted by atomic mass is 10.2. The van der Waals surface area contributed by atoms with E-state index >= 15 is 0 Å². The fourth-order valence-electron chi connectivity index (χ4n) is 3.54. The van der Waals surface area contributed by atoms with Crippen molar-refractivity contribution in [3.8, 4) is 11.5 Å². The van der Waals surface area contributed by atoms with Crippen LogP contribution < -0.4 is 25.6 Å². The smallest absolute Gasteiger partial charge is 0.263 e. The highest BCUT2D eigenvalue weighted by Crippen LogP contribution is 2.31. The van der Waals surface area contributed by atoms with E-state index in [-0.39, 0.29) is 34.5 Å². The highest BCUT2D eigenvalue weighted by Gasteiger charge is 2.20. The Labute approximate surface area is 231 Å². The van der Waals surface area contributed by atoms with Crippen molar-refractivity contribution in [2.75, 3.05) is 35.6 Å². The van der Waals surface area contributed by atoms with Crippen molar-refractivity contribution in [1.82, 2.24) is 15.4 Å². The minimum absolute atomic E-state index is 0.0572. The summed E-state index contributed by atoms with van der Waals surface area (Å²) < 4.78 is 34.5. The number of para-hydroxylation sites is 2. The third-order valence-corrected chi connectivity index (χ3v) is 6.71. The van der Waals surface area contributed by atoms with Crippen LogP contribution >= 0.6 is 0 Å². The van der Waals surface area contributed by atoms with Gasteiger partial charge in [0.1, 0.15) is 18.0 Å². The third kappa shape index (κ3) is 7.56. The van der Waals surface area contributed by atoms with E-state index < -0.39 is 15.9 Å². The Hall–Kier alpha value is -4.46. The first-order chi connectivity index (χ1) is 19.1. The molecule has 0 atom stereocenters. The van der Waals surface area contributed by atoms with E-state index in [1.165, 1.54) is 37.4 Å². The number of methoxy groups -OCH3 is 1. The number of carbonyl (C=O) groups excluding carboxylic acids is 1. The Morgan fingerprint density at radius 1 is 0.950 bits per heavy atom. The maximum Gasteiger partial charge on any atom is 0.263 e. The summed E-state index contributed by atoms with van der Waals surface area (Å²) in [5.41, 5.74) is 4.25. The number of hydrogen-bond acceptors (Lipinski definition) is 10. The summed E-state index contributed by atoms with van der Waals surface area (Å²) in [6.45, 7) is 4.30. The summed E-state index contributed by atoms with van der Waals surface area (Å²) in [6.07, 6.45) is 0. The lowest BCUT2D eigenvalue weighted by Crippen LogP contribution is -2.29. The molecule has 13 heteroatoms. The van der Waals surface area contributed by atoms with Crippen LogP contribution in [0.3, 0.4) is 0 Å². The Balaban J connectivity index is 1.58. The molecule has 4 aromatic rings. The van der Waals surface area contributed by atoms with Gasteiger partial charge in [-0.1, -0.05) is 32.0 Å². The maximum absolute atomic E-state index is 13.4. The number of aromatic hydroxyl groups is 1. The van der Waals surface area contributed by atoms with Crippen LogP contribution in [-0.4, -0.2) is 49.7 Å². The summed E-state index contributed by atoms with van der Waals surface area (Å²) in [5, 5.41) is 15.7. The number of ether oxygens (including phenoxy) is 1. The Morgan fingerprint density at radius 2 is 1.68 bits per heavy atom. The molecule has 0 spiro atoms. The van der Waals surface area contributed by atoms with Gasteiger partial charge in [-0.2, -0.15) is 5.48 Å². The molecule has 0 radical (unpaired) electrons. The third-order valence-electron chi connectivity index (χ3n) is 5.37. The number of rotatable bonds is 12. The summed E-state index contributed by atoms with van der Waals surface area (Å²) >= 11 is 0. The molecule has 0 aliphatic carbocycles. The molecule has 0 saturated carbocycles. The van der Waals surface area contributed by atoms with Crippen LogP contribution in [0.4, 0.5) is 23.0 Å². The second-order valence-corrected chi connectivity index (χ2v) is 10.8. The van der Waals surface area contributed by atoms with Gasteiger partial charge in [0, 0.05) is 29.6 Å². The van der Waals surface area contributed by atoms with Gasteiger partial charge in [0.25, 0.3) is 10.0 Å². The summed E-state index contributed by atoms with van der Waals surface area (Å²) in [4.78, 5) is 26.4. The highest BCUT2D eigenvalue weighted by molar-refractivity contribution is 7.92. The zero-order valence-corrected chi connectivity index (χ0v) is 23.0. The Morgan fingerprint density at radius 3 is 2.38 bits per heavy atom. The fourth-order valence-corrected chi connectivity index (χ4v) is 4.60. The zero-order chi connectivity index (χ0) is 28.7. The maximum atomic E-state index is 13.4. The number of phenols is 1. The van der Waals surface area contributed by atoms with E-state index in [4.69, 9.17) is 9.57 Å². The van der Waals surface area contributed by atoms with Crippen LogP contribution in [0.5, 0.6) is 11.5 Å². The van der Waals surface area contributed by atoms with E-state index in [1.54, 1.807) is 36.4 Å². The van der Waals surface area contributed by atoms with Gasteiger partial charge in [-0.15, -0.1) is 0 Å². The summed E-state index contributed by atoms with van der Waals surface area (Å²) in [5.74, 6) is 0.265. The molecule has 40 heavy (non-hydrogen) atoms. The number of hydrogen-bond donors (Lipinski definition) is 5. The molecule has 1 aromatic heterocycles. The molecule has 1 amide bonds. The number of sulfonamides is 1. The molecule has 0 aliphatic heterocycles. The molecular formula is C27H30N6O6S. The van der Waals surface area contributed by atoms with Crippen molar-refractivity contribution >= 4 is 50.0 Å². The number of phenolic OH excluding ortho intramolecular Hbond substituents is 1. The van der Waals surface area contributed by atoms with Crippen molar-refractivity contribution in [2.45, 2.75) is 18.7 Å². The number of benzene rings is 3. The largest absolute Gasteiger partial charge is 0.508 e. The van der Waals surface area contributed by atoms with E-state index in [9.17, 15) is 18.3 Å². The Kier molecular flexibility index (Phi) is 8.99. The predicted molar refractivity (Wildman–Crippen MR) is 152 cm³/mol. The second kappa shape index (κ2) is 12.6. The van der Waals surface area contributed by atoms with Crippen LogP contribution in [0, 0.1) is 5.92 Å². The average molecular weight is 567 g/mol. The standard InChI is InChI=1S/C27H30N6O6S/c1-17(2)16-39-28-15-25(35)29-18-7-6-8-22(13-18)40(36,37)33-27-26(31-23-9-4-5-10-24(23)32-27)30-19-11-20(34)14-21(12-19)38-3/h4-14,17,28,34H,15-16H2,1-3H3,(H,29,35)(H,30,31)(H,32,33). The molecule has 1 heterocycles. The second-order valence-electron chi connectivity index (χ2n) is 9.16. The molecule has 0 unspecified atom stereocenters. The van der Waals surface area contributed by atoms with Crippen molar-refractivity contribution < 1.29 is 27.9 Å². The highest BCUT2D eigenvalue weighted by atomic mass is 32.2. The van der Waals surface area contributed by atoms with E-state index in [2.05, 4.69) is 30.8 Å². The first kappa shape index (κ1) is 28.5. The minimum atomic E-state index is -4.16. The molecule has 3 aromatic carbocycles. The normalized spacial score (nSPS) is 11.4. The van der Waals surface area contributed by atoms with Gasteiger partial charge in [0.15, 0.2) is 11.6 Å².